The quantitative estimate of drug-likeness (QED) is 0.434. The van der Waals surface area contributed by atoms with Gasteiger partial charge in [0.25, 0.3) is 0 Å². The average Bonchev–Trinajstić information content (AvgIpc) is 2.83. The highest BCUT2D eigenvalue weighted by molar-refractivity contribution is 5.94. The van der Waals surface area contributed by atoms with Crippen LogP contribution in [0.2, 0.25) is 0 Å². The first-order chi connectivity index (χ1) is 16.9. The number of aromatic nitrogens is 3. The molecule has 0 radical (unpaired) electrons. The summed E-state index contributed by atoms with van der Waals surface area (Å²) in [5.74, 6) is -2.83. The van der Waals surface area contributed by atoms with E-state index in [1.165, 1.54) is 23.4 Å². The molecular formula is C24H19F2N5O4. The number of nitrogens with zero attached hydrogens (tertiary/aromatic N) is 4. The number of carboxylic acids is 1. The van der Waals surface area contributed by atoms with Gasteiger partial charge in [-0.15, -0.1) is 0 Å². The van der Waals surface area contributed by atoms with Gasteiger partial charge < -0.3 is 20.1 Å². The maximum Gasteiger partial charge on any atom is 0.341 e. The Bertz CT molecular complexity index is 1490. The molecule has 1 aliphatic rings. The Morgan fingerprint density at radius 1 is 1.17 bits per heavy atom. The second-order valence-electron chi connectivity index (χ2n) is 7.99. The van der Waals surface area contributed by atoms with Crippen molar-refractivity contribution in [1.29, 1.82) is 0 Å². The van der Waals surface area contributed by atoms with Crippen LogP contribution in [0.4, 0.5) is 20.2 Å². The van der Waals surface area contributed by atoms with Crippen molar-refractivity contribution in [2.75, 3.05) is 30.4 Å². The summed E-state index contributed by atoms with van der Waals surface area (Å²) >= 11 is 0. The van der Waals surface area contributed by atoms with Crippen LogP contribution >= 0.6 is 0 Å². The minimum Gasteiger partial charge on any atom is -0.497 e. The second kappa shape index (κ2) is 8.67. The molecule has 0 saturated carbocycles. The van der Waals surface area contributed by atoms with Crippen molar-refractivity contribution in [3.63, 3.8) is 0 Å². The number of pyridine rings is 1. The Hall–Kier alpha value is -4.54. The lowest BCUT2D eigenvalue weighted by Crippen LogP contribution is -2.55. The van der Waals surface area contributed by atoms with E-state index >= 15 is 8.78 Å². The molecule has 0 unspecified atom stereocenters. The van der Waals surface area contributed by atoms with E-state index < -0.39 is 34.0 Å². The van der Waals surface area contributed by atoms with Crippen LogP contribution in [0.1, 0.15) is 10.4 Å². The standard InChI is InChI=1S/C24H19F2N5O4/c1-35-15-5-3-13(4-6-15)29-14-10-30(11-14)21-18(25)9-16-20(19(21)26)31(24-27-7-2-8-28-24)12-17(22(16)32)23(33)34/h2-9,12,14,29H,10-11H2,1H3,(H,33,34). The summed E-state index contributed by atoms with van der Waals surface area (Å²) in [4.78, 5) is 33.9. The van der Waals surface area contributed by atoms with Crippen LogP contribution in [0.3, 0.4) is 0 Å². The van der Waals surface area contributed by atoms with Crippen molar-refractivity contribution >= 4 is 28.2 Å². The molecule has 178 valence electrons. The van der Waals surface area contributed by atoms with Gasteiger partial charge in [-0.2, -0.15) is 0 Å². The number of carboxylic acid groups (broad SMARTS) is 1. The van der Waals surface area contributed by atoms with Gasteiger partial charge in [-0.1, -0.05) is 0 Å². The Kier molecular flexibility index (Phi) is 5.51. The second-order valence-corrected chi connectivity index (χ2v) is 7.99. The van der Waals surface area contributed by atoms with Gasteiger partial charge in [-0.05, 0) is 36.4 Å². The molecule has 2 N–H and O–H groups in total. The fourth-order valence-electron chi connectivity index (χ4n) is 4.10. The van der Waals surface area contributed by atoms with Crippen molar-refractivity contribution in [3.05, 3.63) is 82.4 Å². The predicted octanol–water partition coefficient (Wildman–Crippen LogP) is 3.07. The van der Waals surface area contributed by atoms with E-state index in [-0.39, 0.29) is 23.2 Å². The average molecular weight is 479 g/mol. The summed E-state index contributed by atoms with van der Waals surface area (Å²) in [5.41, 5.74) is -1.41. The molecule has 5 rings (SSSR count). The molecule has 0 aliphatic carbocycles. The number of ether oxygens (including phenoxy) is 1. The third-order valence-electron chi connectivity index (χ3n) is 5.81. The molecule has 11 heteroatoms. The number of hydrogen-bond acceptors (Lipinski definition) is 7. The van der Waals surface area contributed by atoms with Gasteiger partial charge in [0.05, 0.1) is 24.1 Å². The monoisotopic (exact) mass is 479 g/mol. The summed E-state index contributed by atoms with van der Waals surface area (Å²) in [5, 5.41) is 12.3. The van der Waals surface area contributed by atoms with Crippen LogP contribution in [-0.2, 0) is 0 Å². The number of benzene rings is 2. The fourth-order valence-corrected chi connectivity index (χ4v) is 4.10. The first-order valence-electron chi connectivity index (χ1n) is 10.6. The lowest BCUT2D eigenvalue weighted by atomic mass is 10.0. The van der Waals surface area contributed by atoms with Crippen LogP contribution in [0.25, 0.3) is 16.9 Å². The summed E-state index contributed by atoms with van der Waals surface area (Å²) in [7, 11) is 1.57. The highest BCUT2D eigenvalue weighted by Gasteiger charge is 2.33. The van der Waals surface area contributed by atoms with Gasteiger partial charge in [0.15, 0.2) is 5.82 Å². The number of rotatable bonds is 6. The lowest BCUT2D eigenvalue weighted by molar-refractivity contribution is 0.0695. The van der Waals surface area contributed by atoms with Gasteiger partial charge in [0.1, 0.15) is 22.8 Å². The maximum absolute atomic E-state index is 15.8. The smallest absolute Gasteiger partial charge is 0.341 e. The van der Waals surface area contributed by atoms with Crippen molar-refractivity contribution in [2.45, 2.75) is 6.04 Å². The van der Waals surface area contributed by atoms with Crippen molar-refractivity contribution < 1.29 is 23.4 Å². The largest absolute Gasteiger partial charge is 0.497 e. The molecule has 4 aromatic rings. The van der Waals surface area contributed by atoms with E-state index in [1.807, 2.05) is 12.1 Å². The molecule has 9 nitrogen and oxygen atoms in total. The number of methoxy groups -OCH3 is 1. The first-order valence-corrected chi connectivity index (χ1v) is 10.6. The Balaban J connectivity index is 1.53. The number of fused-ring (bicyclic) bond motifs is 1. The molecule has 0 spiro atoms. The third kappa shape index (κ3) is 3.90. The minimum atomic E-state index is -1.53. The Morgan fingerprint density at radius 2 is 1.86 bits per heavy atom. The van der Waals surface area contributed by atoms with Gasteiger partial charge in [0.2, 0.25) is 11.4 Å². The molecule has 0 bridgehead atoms. The number of nitrogens with one attached hydrogen (secondary N) is 1. The highest BCUT2D eigenvalue weighted by Crippen LogP contribution is 2.34. The summed E-state index contributed by atoms with van der Waals surface area (Å²) in [6.07, 6.45) is 3.73. The van der Waals surface area contributed by atoms with Crippen LogP contribution in [0.5, 0.6) is 5.75 Å². The van der Waals surface area contributed by atoms with Crippen LogP contribution < -0.4 is 20.4 Å². The zero-order valence-corrected chi connectivity index (χ0v) is 18.4. The van der Waals surface area contributed by atoms with E-state index in [2.05, 4.69) is 15.3 Å². The number of aromatic carboxylic acids is 1. The molecule has 0 atom stereocenters. The molecule has 1 aliphatic heterocycles. The zero-order chi connectivity index (χ0) is 24.7. The fraction of sp³-hybridized carbons (Fsp3) is 0.167. The molecular weight excluding hydrogens is 460 g/mol. The van der Waals surface area contributed by atoms with Gasteiger partial charge in [-0.25, -0.2) is 23.5 Å². The minimum absolute atomic E-state index is 0.0564. The van der Waals surface area contributed by atoms with E-state index in [9.17, 15) is 14.7 Å². The van der Waals surface area contributed by atoms with Crippen molar-refractivity contribution in [3.8, 4) is 11.7 Å². The third-order valence-corrected chi connectivity index (χ3v) is 5.81. The van der Waals surface area contributed by atoms with E-state index in [1.54, 1.807) is 19.2 Å². The molecule has 1 fully saturated rings. The molecule has 1 saturated heterocycles. The van der Waals surface area contributed by atoms with Crippen LogP contribution in [0, 0.1) is 11.6 Å². The van der Waals surface area contributed by atoms with Crippen molar-refractivity contribution in [2.24, 2.45) is 0 Å². The summed E-state index contributed by atoms with van der Waals surface area (Å²) in [6.45, 7) is 0.620. The molecule has 0 amide bonds. The van der Waals surface area contributed by atoms with Gasteiger partial charge in [0, 0.05) is 37.4 Å². The Labute approximate surface area is 197 Å². The Morgan fingerprint density at radius 3 is 2.49 bits per heavy atom. The van der Waals surface area contributed by atoms with Crippen molar-refractivity contribution in [1.82, 2.24) is 14.5 Å². The number of hydrogen-bond donors (Lipinski definition) is 2. The van der Waals surface area contributed by atoms with Crippen LogP contribution in [0.15, 0.2) is 59.8 Å². The highest BCUT2D eigenvalue weighted by atomic mass is 19.1. The van der Waals surface area contributed by atoms with Crippen LogP contribution in [-0.4, -0.2) is 51.9 Å². The number of halogens is 2. The topological polar surface area (TPSA) is 110 Å². The predicted molar refractivity (Wildman–Crippen MR) is 125 cm³/mol. The normalized spacial score (nSPS) is 13.5. The number of anilines is 2. The summed E-state index contributed by atoms with van der Waals surface area (Å²) in [6, 6.07) is 9.63. The van der Waals surface area contributed by atoms with E-state index in [0.29, 0.717) is 18.8 Å². The number of carbonyl (C=O) groups is 1. The lowest BCUT2D eigenvalue weighted by Gasteiger charge is -2.42. The summed E-state index contributed by atoms with van der Waals surface area (Å²) < 4.78 is 37.1. The van der Waals surface area contributed by atoms with Gasteiger partial charge in [-0.3, -0.25) is 9.36 Å². The first kappa shape index (κ1) is 22.3. The SMILES string of the molecule is COc1ccc(NC2CN(c3c(F)cc4c(=O)c(C(=O)O)cn(-c5ncccn5)c4c3F)C2)cc1. The van der Waals surface area contributed by atoms with Gasteiger partial charge >= 0.3 is 5.97 Å². The molecule has 3 heterocycles. The van der Waals surface area contributed by atoms with E-state index in [0.717, 1.165) is 22.5 Å². The van der Waals surface area contributed by atoms with E-state index in [4.69, 9.17) is 4.74 Å². The maximum atomic E-state index is 15.8. The zero-order valence-electron chi connectivity index (χ0n) is 18.4. The molecule has 2 aromatic carbocycles. The molecule has 2 aromatic heterocycles. The molecule has 35 heavy (non-hydrogen) atoms.